The van der Waals surface area contributed by atoms with Crippen molar-refractivity contribution in [2.75, 3.05) is 5.32 Å². The summed E-state index contributed by atoms with van der Waals surface area (Å²) in [4.78, 5) is 20.4. The number of hydrogen-bond donors (Lipinski definition) is 2. The third-order valence-corrected chi connectivity index (χ3v) is 4.44. The SMILES string of the molecule is N#Cc1ccc2c(c1)CC(NC(=O)Nc1ncc(Oc3ccccc3)cn1)C2. The van der Waals surface area contributed by atoms with E-state index in [0.717, 1.165) is 17.5 Å². The van der Waals surface area contributed by atoms with Crippen LogP contribution in [-0.2, 0) is 12.8 Å². The van der Waals surface area contributed by atoms with Crippen molar-refractivity contribution in [1.29, 1.82) is 5.26 Å². The molecule has 1 heterocycles. The number of amides is 2. The normalized spacial score (nSPS) is 14.6. The lowest BCUT2D eigenvalue weighted by Crippen LogP contribution is -2.38. The molecule has 138 valence electrons. The molecule has 3 aromatic rings. The minimum Gasteiger partial charge on any atom is -0.454 e. The molecule has 0 saturated heterocycles. The highest BCUT2D eigenvalue weighted by Gasteiger charge is 2.23. The largest absolute Gasteiger partial charge is 0.454 e. The maximum absolute atomic E-state index is 12.2. The molecule has 0 aliphatic heterocycles. The third-order valence-electron chi connectivity index (χ3n) is 4.44. The number of carbonyl (C=O) groups excluding carboxylic acids is 1. The molecule has 1 aromatic heterocycles. The molecule has 0 fully saturated rings. The van der Waals surface area contributed by atoms with E-state index in [1.54, 1.807) is 6.07 Å². The fourth-order valence-corrected chi connectivity index (χ4v) is 3.17. The number of anilines is 1. The number of ether oxygens (including phenoxy) is 1. The molecule has 0 bridgehead atoms. The zero-order valence-electron chi connectivity index (χ0n) is 14.9. The van der Waals surface area contributed by atoms with Crippen LogP contribution in [0.3, 0.4) is 0 Å². The Morgan fingerprint density at radius 3 is 2.54 bits per heavy atom. The van der Waals surface area contributed by atoms with Crippen molar-refractivity contribution < 1.29 is 9.53 Å². The van der Waals surface area contributed by atoms with Gasteiger partial charge in [0.05, 0.1) is 24.0 Å². The van der Waals surface area contributed by atoms with Crippen LogP contribution in [0, 0.1) is 11.3 Å². The molecule has 7 heteroatoms. The summed E-state index contributed by atoms with van der Waals surface area (Å²) in [5, 5.41) is 14.5. The summed E-state index contributed by atoms with van der Waals surface area (Å²) < 4.78 is 5.62. The quantitative estimate of drug-likeness (QED) is 0.732. The van der Waals surface area contributed by atoms with Gasteiger partial charge in [0.25, 0.3) is 0 Å². The van der Waals surface area contributed by atoms with E-state index in [9.17, 15) is 4.79 Å². The Bertz CT molecular complexity index is 1030. The van der Waals surface area contributed by atoms with Crippen LogP contribution in [0.4, 0.5) is 10.7 Å². The third kappa shape index (κ3) is 4.07. The number of fused-ring (bicyclic) bond motifs is 1. The average molecular weight is 371 g/mol. The molecular formula is C21H17N5O2. The van der Waals surface area contributed by atoms with Gasteiger partial charge in [-0.05, 0) is 48.2 Å². The van der Waals surface area contributed by atoms with Crippen LogP contribution in [0.15, 0.2) is 60.9 Å². The average Bonchev–Trinajstić information content (AvgIpc) is 3.11. The Hall–Kier alpha value is -3.92. The Kier molecular flexibility index (Phi) is 4.85. The summed E-state index contributed by atoms with van der Waals surface area (Å²) in [5.74, 6) is 1.36. The van der Waals surface area contributed by atoms with Crippen LogP contribution >= 0.6 is 0 Å². The first-order chi connectivity index (χ1) is 13.7. The molecule has 0 spiro atoms. The van der Waals surface area contributed by atoms with Crippen LogP contribution in [-0.4, -0.2) is 22.0 Å². The van der Waals surface area contributed by atoms with E-state index in [-0.39, 0.29) is 18.0 Å². The zero-order valence-corrected chi connectivity index (χ0v) is 14.9. The molecule has 0 radical (unpaired) electrons. The number of nitrogens with one attached hydrogen (secondary N) is 2. The second-order valence-electron chi connectivity index (χ2n) is 6.46. The molecule has 28 heavy (non-hydrogen) atoms. The summed E-state index contributed by atoms with van der Waals surface area (Å²) in [6.07, 6.45) is 4.44. The number of carbonyl (C=O) groups is 1. The van der Waals surface area contributed by atoms with E-state index in [0.29, 0.717) is 23.5 Å². The molecule has 7 nitrogen and oxygen atoms in total. The van der Waals surface area contributed by atoms with Crippen molar-refractivity contribution in [2.24, 2.45) is 0 Å². The number of hydrogen-bond acceptors (Lipinski definition) is 5. The first-order valence-electron chi connectivity index (χ1n) is 8.84. The monoisotopic (exact) mass is 371 g/mol. The van der Waals surface area contributed by atoms with Gasteiger partial charge in [0.2, 0.25) is 5.95 Å². The van der Waals surface area contributed by atoms with Gasteiger partial charge in [0.1, 0.15) is 5.75 Å². The molecule has 2 amide bonds. The second kappa shape index (κ2) is 7.76. The van der Waals surface area contributed by atoms with E-state index in [1.807, 2.05) is 42.5 Å². The molecular weight excluding hydrogens is 354 g/mol. The zero-order chi connectivity index (χ0) is 19.3. The molecule has 1 aliphatic rings. The molecule has 0 saturated carbocycles. The van der Waals surface area contributed by atoms with Crippen molar-refractivity contribution in [1.82, 2.24) is 15.3 Å². The van der Waals surface area contributed by atoms with Crippen molar-refractivity contribution in [2.45, 2.75) is 18.9 Å². The summed E-state index contributed by atoms with van der Waals surface area (Å²) in [6, 6.07) is 16.7. The number of aromatic nitrogens is 2. The van der Waals surface area contributed by atoms with Crippen LogP contribution in [0.1, 0.15) is 16.7 Å². The Morgan fingerprint density at radius 1 is 1.04 bits per heavy atom. The van der Waals surface area contributed by atoms with Gasteiger partial charge in [-0.25, -0.2) is 14.8 Å². The van der Waals surface area contributed by atoms with Gasteiger partial charge in [-0.3, -0.25) is 5.32 Å². The molecule has 4 rings (SSSR count). The molecule has 2 aromatic carbocycles. The summed E-state index contributed by atoms with van der Waals surface area (Å²) in [7, 11) is 0. The minimum absolute atomic E-state index is 0.0235. The predicted molar refractivity (Wildman–Crippen MR) is 103 cm³/mol. The van der Waals surface area contributed by atoms with Crippen LogP contribution in [0.25, 0.3) is 0 Å². The van der Waals surface area contributed by atoms with Crippen molar-refractivity contribution in [3.63, 3.8) is 0 Å². The predicted octanol–water partition coefficient (Wildman–Crippen LogP) is 3.43. The van der Waals surface area contributed by atoms with Gasteiger partial charge in [-0.15, -0.1) is 0 Å². The molecule has 1 atom stereocenters. The van der Waals surface area contributed by atoms with Gasteiger partial charge < -0.3 is 10.1 Å². The smallest absolute Gasteiger partial charge is 0.321 e. The van der Waals surface area contributed by atoms with Crippen molar-refractivity contribution in [3.05, 3.63) is 77.6 Å². The summed E-state index contributed by atoms with van der Waals surface area (Å²) in [5.41, 5.74) is 2.89. The summed E-state index contributed by atoms with van der Waals surface area (Å²) in [6.45, 7) is 0. The summed E-state index contributed by atoms with van der Waals surface area (Å²) >= 11 is 0. The lowest BCUT2D eigenvalue weighted by Gasteiger charge is -2.12. The number of urea groups is 1. The van der Waals surface area contributed by atoms with Crippen LogP contribution < -0.4 is 15.4 Å². The highest BCUT2D eigenvalue weighted by atomic mass is 16.5. The number of para-hydroxylation sites is 1. The fourth-order valence-electron chi connectivity index (χ4n) is 3.17. The highest BCUT2D eigenvalue weighted by molar-refractivity contribution is 5.87. The molecule has 2 N–H and O–H groups in total. The number of benzene rings is 2. The number of nitriles is 1. The second-order valence-corrected chi connectivity index (χ2v) is 6.46. The van der Waals surface area contributed by atoms with Crippen LogP contribution in [0.2, 0.25) is 0 Å². The maximum atomic E-state index is 12.2. The van der Waals surface area contributed by atoms with E-state index < -0.39 is 0 Å². The van der Waals surface area contributed by atoms with Gasteiger partial charge in [-0.2, -0.15) is 5.26 Å². The number of rotatable bonds is 4. The maximum Gasteiger partial charge on any atom is 0.321 e. The highest BCUT2D eigenvalue weighted by Crippen LogP contribution is 2.23. The Morgan fingerprint density at radius 2 is 1.79 bits per heavy atom. The first kappa shape index (κ1) is 17.5. The van der Waals surface area contributed by atoms with Gasteiger partial charge in [0, 0.05) is 6.04 Å². The standard InChI is InChI=1S/C21H17N5O2/c22-11-14-6-7-15-9-17(10-16(15)8-14)25-21(27)26-20-23-12-19(13-24-20)28-18-4-2-1-3-5-18/h1-8,12-13,17H,9-10H2,(H2,23,24,25,26,27). The van der Waals surface area contributed by atoms with E-state index in [4.69, 9.17) is 10.00 Å². The van der Waals surface area contributed by atoms with E-state index in [2.05, 4.69) is 26.7 Å². The lowest BCUT2D eigenvalue weighted by atomic mass is 10.1. The molecule has 1 aliphatic carbocycles. The lowest BCUT2D eigenvalue weighted by molar-refractivity contribution is 0.248. The fraction of sp³-hybridized carbons (Fsp3) is 0.143. The van der Waals surface area contributed by atoms with Crippen molar-refractivity contribution in [3.8, 4) is 17.6 Å². The first-order valence-corrected chi connectivity index (χ1v) is 8.84. The topological polar surface area (TPSA) is 99.9 Å². The minimum atomic E-state index is -0.366. The Balaban J connectivity index is 1.31. The van der Waals surface area contributed by atoms with Gasteiger partial charge in [0.15, 0.2) is 5.75 Å². The van der Waals surface area contributed by atoms with Crippen molar-refractivity contribution >= 4 is 12.0 Å². The van der Waals surface area contributed by atoms with Gasteiger partial charge in [-0.1, -0.05) is 24.3 Å². The number of nitrogens with zero attached hydrogens (tertiary/aromatic N) is 3. The van der Waals surface area contributed by atoms with E-state index >= 15 is 0 Å². The van der Waals surface area contributed by atoms with Crippen LogP contribution in [0.5, 0.6) is 11.5 Å². The Labute approximate surface area is 162 Å². The van der Waals surface area contributed by atoms with Gasteiger partial charge >= 0.3 is 6.03 Å². The molecule has 1 unspecified atom stereocenters. The van der Waals surface area contributed by atoms with E-state index in [1.165, 1.54) is 12.4 Å².